The Morgan fingerprint density at radius 2 is 1.95 bits per heavy atom. The summed E-state index contributed by atoms with van der Waals surface area (Å²) in [6.45, 7) is 2.10. The van der Waals surface area contributed by atoms with Crippen molar-refractivity contribution in [1.29, 1.82) is 0 Å². The first-order valence-corrected chi connectivity index (χ1v) is 7.94. The quantitative estimate of drug-likeness (QED) is 0.764. The van der Waals surface area contributed by atoms with Crippen LogP contribution in [-0.4, -0.2) is 9.97 Å². The van der Waals surface area contributed by atoms with Crippen molar-refractivity contribution in [1.82, 2.24) is 9.97 Å². The van der Waals surface area contributed by atoms with Gasteiger partial charge in [-0.1, -0.05) is 31.0 Å². The van der Waals surface area contributed by atoms with Crippen LogP contribution in [0, 0.1) is 0 Å². The summed E-state index contributed by atoms with van der Waals surface area (Å²) in [5.74, 6) is 1.41. The van der Waals surface area contributed by atoms with Crippen LogP contribution in [0.25, 0.3) is 0 Å². The Labute approximate surface area is 130 Å². The summed E-state index contributed by atoms with van der Waals surface area (Å²) < 4.78 is 5.97. The van der Waals surface area contributed by atoms with E-state index in [-0.39, 0.29) is 0 Å². The summed E-state index contributed by atoms with van der Waals surface area (Å²) in [5.41, 5.74) is 3.73. The van der Waals surface area contributed by atoms with Crippen molar-refractivity contribution in [3.05, 3.63) is 46.4 Å². The predicted molar refractivity (Wildman–Crippen MR) is 84.2 cm³/mol. The standard InChI is InChI=1S/C17H19ClN2O/c1-2-5-15-16(18)19-11-20-17(15)21-14-9-8-12-6-3-4-7-13(12)10-14/h8-11H,2-7H2,1H3. The van der Waals surface area contributed by atoms with E-state index >= 15 is 0 Å². The Bertz CT molecular complexity index is 643. The zero-order valence-corrected chi connectivity index (χ0v) is 13.0. The second-order valence-corrected chi connectivity index (χ2v) is 5.80. The molecule has 0 unspecified atom stereocenters. The highest BCUT2D eigenvalue weighted by molar-refractivity contribution is 6.30. The number of nitrogens with zero attached hydrogens (tertiary/aromatic N) is 2. The summed E-state index contributed by atoms with van der Waals surface area (Å²) in [6.07, 6.45) is 8.12. The molecule has 0 N–H and O–H groups in total. The molecule has 0 radical (unpaired) electrons. The van der Waals surface area contributed by atoms with E-state index in [0.717, 1.165) is 30.6 Å². The minimum atomic E-state index is 0.486. The Morgan fingerprint density at radius 1 is 1.14 bits per heavy atom. The molecule has 0 spiro atoms. The topological polar surface area (TPSA) is 35.0 Å². The highest BCUT2D eigenvalue weighted by Crippen LogP contribution is 2.31. The number of fused-ring (bicyclic) bond motifs is 1. The summed E-state index contributed by atoms with van der Waals surface area (Å²) in [7, 11) is 0. The lowest BCUT2D eigenvalue weighted by atomic mass is 9.92. The van der Waals surface area contributed by atoms with E-state index in [9.17, 15) is 0 Å². The Kier molecular flexibility index (Phi) is 4.39. The summed E-state index contributed by atoms with van der Waals surface area (Å²) in [6, 6.07) is 6.34. The van der Waals surface area contributed by atoms with Crippen LogP contribution in [0.1, 0.15) is 42.9 Å². The maximum atomic E-state index is 6.16. The Hall–Kier alpha value is -1.61. The van der Waals surface area contributed by atoms with Crippen molar-refractivity contribution < 1.29 is 4.74 Å². The van der Waals surface area contributed by atoms with Crippen LogP contribution in [0.3, 0.4) is 0 Å². The molecule has 0 saturated heterocycles. The fraction of sp³-hybridized carbons (Fsp3) is 0.412. The lowest BCUT2D eigenvalue weighted by Crippen LogP contribution is -2.03. The lowest BCUT2D eigenvalue weighted by molar-refractivity contribution is 0.452. The molecule has 3 rings (SSSR count). The Morgan fingerprint density at radius 3 is 2.76 bits per heavy atom. The van der Waals surface area contributed by atoms with Gasteiger partial charge in [0.05, 0.1) is 5.56 Å². The molecule has 21 heavy (non-hydrogen) atoms. The van der Waals surface area contributed by atoms with E-state index in [2.05, 4.69) is 29.0 Å². The summed E-state index contributed by atoms with van der Waals surface area (Å²) in [5, 5.41) is 0.486. The molecule has 1 aromatic carbocycles. The van der Waals surface area contributed by atoms with E-state index in [4.69, 9.17) is 16.3 Å². The monoisotopic (exact) mass is 302 g/mol. The zero-order chi connectivity index (χ0) is 14.7. The molecule has 110 valence electrons. The van der Waals surface area contributed by atoms with Crippen LogP contribution in [0.15, 0.2) is 24.5 Å². The number of hydrogen-bond donors (Lipinski definition) is 0. The molecule has 0 saturated carbocycles. The number of hydrogen-bond acceptors (Lipinski definition) is 3. The Balaban J connectivity index is 1.88. The first-order chi connectivity index (χ1) is 10.3. The largest absolute Gasteiger partial charge is 0.439 e. The van der Waals surface area contributed by atoms with E-state index < -0.39 is 0 Å². The smallest absolute Gasteiger partial charge is 0.227 e. The molecular weight excluding hydrogens is 284 g/mol. The molecule has 0 fully saturated rings. The maximum absolute atomic E-state index is 6.16. The van der Waals surface area contributed by atoms with E-state index in [1.54, 1.807) is 0 Å². The number of ether oxygens (including phenoxy) is 1. The number of halogens is 1. The van der Waals surface area contributed by atoms with Crippen molar-refractivity contribution in [3.63, 3.8) is 0 Å². The highest BCUT2D eigenvalue weighted by Gasteiger charge is 2.14. The third kappa shape index (κ3) is 3.18. The predicted octanol–water partition coefficient (Wildman–Crippen LogP) is 4.75. The van der Waals surface area contributed by atoms with E-state index in [0.29, 0.717) is 11.0 Å². The van der Waals surface area contributed by atoms with Gasteiger partial charge in [-0.3, -0.25) is 0 Å². The van der Waals surface area contributed by atoms with Crippen LogP contribution < -0.4 is 4.74 Å². The van der Waals surface area contributed by atoms with Crippen molar-refractivity contribution in [2.24, 2.45) is 0 Å². The first kappa shape index (κ1) is 14.3. The van der Waals surface area contributed by atoms with Gasteiger partial charge in [0, 0.05) is 0 Å². The molecule has 1 heterocycles. The van der Waals surface area contributed by atoms with Crippen LogP contribution >= 0.6 is 11.6 Å². The van der Waals surface area contributed by atoms with Crippen LogP contribution in [-0.2, 0) is 19.3 Å². The number of benzene rings is 1. The molecule has 1 aliphatic rings. The van der Waals surface area contributed by atoms with Crippen LogP contribution in [0.2, 0.25) is 5.15 Å². The van der Waals surface area contributed by atoms with Gasteiger partial charge >= 0.3 is 0 Å². The number of aryl methyl sites for hydroxylation is 2. The molecule has 0 bridgehead atoms. The van der Waals surface area contributed by atoms with Crippen LogP contribution in [0.4, 0.5) is 0 Å². The molecule has 1 aromatic heterocycles. The fourth-order valence-corrected chi connectivity index (χ4v) is 3.03. The molecule has 1 aliphatic carbocycles. The highest BCUT2D eigenvalue weighted by atomic mass is 35.5. The van der Waals surface area contributed by atoms with Gasteiger partial charge in [-0.15, -0.1) is 0 Å². The van der Waals surface area contributed by atoms with Gasteiger partial charge in [0.1, 0.15) is 17.2 Å². The molecule has 4 heteroatoms. The van der Waals surface area contributed by atoms with Gasteiger partial charge in [0.2, 0.25) is 5.88 Å². The average Bonchev–Trinajstić information content (AvgIpc) is 2.51. The molecule has 2 aromatic rings. The van der Waals surface area contributed by atoms with E-state index in [1.165, 1.54) is 36.7 Å². The van der Waals surface area contributed by atoms with Gasteiger partial charge in [0.25, 0.3) is 0 Å². The molecule has 3 nitrogen and oxygen atoms in total. The maximum Gasteiger partial charge on any atom is 0.227 e. The first-order valence-electron chi connectivity index (χ1n) is 7.57. The third-order valence-electron chi connectivity index (χ3n) is 3.89. The van der Waals surface area contributed by atoms with Gasteiger partial charge in [0.15, 0.2) is 0 Å². The fourth-order valence-electron chi connectivity index (χ4n) is 2.81. The molecular formula is C17H19ClN2O. The number of rotatable bonds is 4. The SMILES string of the molecule is CCCc1c(Cl)ncnc1Oc1ccc2c(c1)CCCC2. The minimum absolute atomic E-state index is 0.486. The van der Waals surface area contributed by atoms with E-state index in [1.807, 2.05) is 6.07 Å². The molecule has 0 amide bonds. The second kappa shape index (κ2) is 6.44. The minimum Gasteiger partial charge on any atom is -0.439 e. The average molecular weight is 303 g/mol. The van der Waals surface area contributed by atoms with Crippen molar-refractivity contribution in [2.75, 3.05) is 0 Å². The normalized spacial score (nSPS) is 13.8. The van der Waals surface area contributed by atoms with Gasteiger partial charge in [-0.25, -0.2) is 9.97 Å². The van der Waals surface area contributed by atoms with Gasteiger partial charge in [-0.2, -0.15) is 0 Å². The van der Waals surface area contributed by atoms with Crippen molar-refractivity contribution in [2.45, 2.75) is 45.4 Å². The van der Waals surface area contributed by atoms with Crippen molar-refractivity contribution >= 4 is 11.6 Å². The van der Waals surface area contributed by atoms with Gasteiger partial charge in [-0.05, 0) is 55.4 Å². The van der Waals surface area contributed by atoms with Crippen LogP contribution in [0.5, 0.6) is 11.6 Å². The summed E-state index contributed by atoms with van der Waals surface area (Å²) in [4.78, 5) is 8.29. The number of aromatic nitrogens is 2. The van der Waals surface area contributed by atoms with Gasteiger partial charge < -0.3 is 4.74 Å². The zero-order valence-electron chi connectivity index (χ0n) is 12.2. The molecule has 0 aliphatic heterocycles. The lowest BCUT2D eigenvalue weighted by Gasteiger charge is -2.17. The second-order valence-electron chi connectivity index (χ2n) is 5.44. The molecule has 0 atom stereocenters. The summed E-state index contributed by atoms with van der Waals surface area (Å²) >= 11 is 6.16. The third-order valence-corrected chi connectivity index (χ3v) is 4.21. The van der Waals surface area contributed by atoms with Crippen molar-refractivity contribution in [3.8, 4) is 11.6 Å².